The maximum Gasteiger partial charge on any atom is 0.232 e. The highest BCUT2D eigenvalue weighted by molar-refractivity contribution is 7.22. The van der Waals surface area contributed by atoms with Crippen molar-refractivity contribution in [3.05, 3.63) is 48.5 Å². The molecule has 0 amide bonds. The zero-order valence-corrected chi connectivity index (χ0v) is 15.3. The summed E-state index contributed by atoms with van der Waals surface area (Å²) in [6, 6.07) is 8.13. The van der Waals surface area contributed by atoms with E-state index in [1.54, 1.807) is 24.6 Å². The first-order chi connectivity index (χ1) is 12.6. The van der Waals surface area contributed by atoms with Gasteiger partial charge in [-0.25, -0.2) is 15.0 Å². The lowest BCUT2D eigenvalue weighted by Crippen LogP contribution is -2.05. The van der Waals surface area contributed by atoms with E-state index in [0.717, 1.165) is 44.9 Å². The minimum Gasteiger partial charge on any atom is -0.490 e. The molecule has 1 atom stereocenters. The van der Waals surface area contributed by atoms with E-state index in [0.29, 0.717) is 5.88 Å². The SMILES string of the molecule is [CH2]C1Cc2c(ccc3nc(-c4cc(C)cc5nc(OC)cnc45)sc23)O1. The molecular weight excluding hydrogens is 346 g/mol. The molecule has 1 aliphatic heterocycles. The highest BCUT2D eigenvalue weighted by Crippen LogP contribution is 2.41. The van der Waals surface area contributed by atoms with E-state index >= 15 is 0 Å². The number of thiazole rings is 1. The number of fused-ring (bicyclic) bond motifs is 4. The van der Waals surface area contributed by atoms with Crippen molar-refractivity contribution in [2.75, 3.05) is 7.11 Å². The van der Waals surface area contributed by atoms with Crippen LogP contribution in [0.25, 0.3) is 31.8 Å². The summed E-state index contributed by atoms with van der Waals surface area (Å²) in [5.41, 5.74) is 5.94. The fraction of sp³-hybridized carbons (Fsp3) is 0.200. The Hall–Kier alpha value is -2.73. The van der Waals surface area contributed by atoms with Crippen LogP contribution >= 0.6 is 11.3 Å². The third-order valence-electron chi connectivity index (χ3n) is 4.55. The first kappa shape index (κ1) is 15.5. The second-order valence-corrected chi connectivity index (χ2v) is 7.45. The van der Waals surface area contributed by atoms with Gasteiger partial charge in [0.25, 0.3) is 0 Å². The Labute approximate surface area is 154 Å². The number of aromatic nitrogens is 3. The summed E-state index contributed by atoms with van der Waals surface area (Å²) >= 11 is 1.67. The van der Waals surface area contributed by atoms with E-state index in [9.17, 15) is 0 Å². The van der Waals surface area contributed by atoms with Crippen LogP contribution < -0.4 is 9.47 Å². The molecule has 1 aliphatic rings. The number of hydrogen-bond acceptors (Lipinski definition) is 6. The molecule has 1 radical (unpaired) electrons. The monoisotopic (exact) mass is 362 g/mol. The lowest BCUT2D eigenvalue weighted by molar-refractivity contribution is 0.281. The van der Waals surface area contributed by atoms with Gasteiger partial charge in [-0.15, -0.1) is 11.3 Å². The molecule has 0 saturated carbocycles. The standard InChI is InChI=1S/C20H16N3O2S/c1-10-6-13(18-15(7-10)22-17(24-3)9-21-18)20-23-14-4-5-16-12(19(14)26-20)8-11(2)25-16/h4-7,9,11H,2,8H2,1,3H3. The first-order valence-electron chi connectivity index (χ1n) is 8.36. The van der Waals surface area contributed by atoms with E-state index < -0.39 is 0 Å². The average Bonchev–Trinajstić information content (AvgIpc) is 3.22. The third kappa shape index (κ3) is 2.33. The fourth-order valence-electron chi connectivity index (χ4n) is 3.41. The van der Waals surface area contributed by atoms with Crippen LogP contribution in [0.5, 0.6) is 11.6 Å². The van der Waals surface area contributed by atoms with Crippen molar-refractivity contribution < 1.29 is 9.47 Å². The lowest BCUT2D eigenvalue weighted by atomic mass is 10.1. The summed E-state index contributed by atoms with van der Waals surface area (Å²) in [7, 11) is 1.60. The molecule has 0 spiro atoms. The van der Waals surface area contributed by atoms with Gasteiger partial charge in [0.2, 0.25) is 5.88 Å². The largest absolute Gasteiger partial charge is 0.490 e. The predicted octanol–water partition coefficient (Wildman–Crippen LogP) is 4.36. The summed E-state index contributed by atoms with van der Waals surface area (Å²) in [6.45, 7) is 6.08. The molecule has 6 heteroatoms. The quantitative estimate of drug-likeness (QED) is 0.530. The second-order valence-electron chi connectivity index (χ2n) is 6.45. The van der Waals surface area contributed by atoms with Gasteiger partial charge in [-0.05, 0) is 43.7 Å². The minimum absolute atomic E-state index is 0.0284. The minimum atomic E-state index is -0.0284. The summed E-state index contributed by atoms with van der Waals surface area (Å²) in [6.07, 6.45) is 2.44. The lowest BCUT2D eigenvalue weighted by Gasteiger charge is -2.06. The van der Waals surface area contributed by atoms with Gasteiger partial charge in [-0.2, -0.15) is 0 Å². The highest BCUT2D eigenvalue weighted by Gasteiger charge is 2.24. The summed E-state index contributed by atoms with van der Waals surface area (Å²) < 4.78 is 12.2. The summed E-state index contributed by atoms with van der Waals surface area (Å²) in [5, 5.41) is 0.939. The number of ether oxygens (including phenoxy) is 2. The van der Waals surface area contributed by atoms with Crippen molar-refractivity contribution in [1.29, 1.82) is 0 Å². The van der Waals surface area contributed by atoms with Gasteiger partial charge in [0.15, 0.2) is 0 Å². The van der Waals surface area contributed by atoms with E-state index in [1.807, 2.05) is 18.2 Å². The maximum atomic E-state index is 5.78. The smallest absolute Gasteiger partial charge is 0.232 e. The Morgan fingerprint density at radius 2 is 2.12 bits per heavy atom. The molecule has 5 nitrogen and oxygen atoms in total. The molecular formula is C20H16N3O2S. The van der Waals surface area contributed by atoms with Gasteiger partial charge in [0.1, 0.15) is 16.9 Å². The van der Waals surface area contributed by atoms with Crippen molar-refractivity contribution in [1.82, 2.24) is 15.0 Å². The molecule has 0 saturated heterocycles. The van der Waals surface area contributed by atoms with Crippen molar-refractivity contribution in [3.8, 4) is 22.2 Å². The Morgan fingerprint density at radius 1 is 1.23 bits per heavy atom. The molecule has 1 unspecified atom stereocenters. The Bertz CT molecular complexity index is 1170. The fourth-order valence-corrected chi connectivity index (χ4v) is 4.53. The summed E-state index contributed by atoms with van der Waals surface area (Å²) in [5.74, 6) is 1.43. The Morgan fingerprint density at radius 3 is 2.96 bits per heavy atom. The zero-order valence-electron chi connectivity index (χ0n) is 14.4. The average molecular weight is 362 g/mol. The van der Waals surface area contributed by atoms with Crippen LogP contribution in [0.15, 0.2) is 30.5 Å². The Kier molecular flexibility index (Phi) is 3.37. The number of methoxy groups -OCH3 is 1. The van der Waals surface area contributed by atoms with E-state index in [4.69, 9.17) is 14.5 Å². The van der Waals surface area contributed by atoms with Crippen LogP contribution in [-0.2, 0) is 6.42 Å². The van der Waals surface area contributed by atoms with Crippen LogP contribution in [0.4, 0.5) is 0 Å². The van der Waals surface area contributed by atoms with Gasteiger partial charge in [-0.3, -0.25) is 0 Å². The number of hydrogen-bond donors (Lipinski definition) is 0. The van der Waals surface area contributed by atoms with Crippen LogP contribution in [-0.4, -0.2) is 28.2 Å². The van der Waals surface area contributed by atoms with Crippen LogP contribution in [0.1, 0.15) is 11.1 Å². The van der Waals surface area contributed by atoms with Gasteiger partial charge < -0.3 is 9.47 Å². The second kappa shape index (κ2) is 5.64. The van der Waals surface area contributed by atoms with Crippen molar-refractivity contribution in [3.63, 3.8) is 0 Å². The Balaban J connectivity index is 1.74. The molecule has 129 valence electrons. The zero-order chi connectivity index (χ0) is 17.8. The van der Waals surface area contributed by atoms with Crippen molar-refractivity contribution >= 4 is 32.6 Å². The van der Waals surface area contributed by atoms with Gasteiger partial charge >= 0.3 is 0 Å². The number of benzene rings is 2. The number of aryl methyl sites for hydroxylation is 1. The molecule has 0 bridgehead atoms. The molecule has 0 aliphatic carbocycles. The molecule has 2 aromatic carbocycles. The molecule has 26 heavy (non-hydrogen) atoms. The third-order valence-corrected chi connectivity index (χ3v) is 5.72. The molecule has 2 aromatic heterocycles. The molecule has 3 heterocycles. The van der Waals surface area contributed by atoms with E-state index in [2.05, 4.69) is 29.9 Å². The van der Waals surface area contributed by atoms with Crippen molar-refractivity contribution in [2.24, 2.45) is 0 Å². The summed E-state index contributed by atoms with van der Waals surface area (Å²) in [4.78, 5) is 14.0. The molecule has 0 N–H and O–H groups in total. The normalized spacial score (nSPS) is 16.0. The topological polar surface area (TPSA) is 57.1 Å². The van der Waals surface area contributed by atoms with Crippen molar-refractivity contribution in [2.45, 2.75) is 19.4 Å². The first-order valence-corrected chi connectivity index (χ1v) is 9.18. The van der Waals surface area contributed by atoms with E-state index in [-0.39, 0.29) is 6.10 Å². The number of nitrogens with zero attached hydrogens (tertiary/aromatic N) is 3. The number of rotatable bonds is 2. The van der Waals surface area contributed by atoms with Gasteiger partial charge in [-0.1, -0.05) is 0 Å². The molecule has 4 aromatic rings. The highest BCUT2D eigenvalue weighted by atomic mass is 32.1. The predicted molar refractivity (Wildman–Crippen MR) is 103 cm³/mol. The van der Waals surface area contributed by atoms with Gasteiger partial charge in [0.05, 0.1) is 34.6 Å². The van der Waals surface area contributed by atoms with Crippen LogP contribution in [0.2, 0.25) is 0 Å². The molecule has 0 fully saturated rings. The van der Waals surface area contributed by atoms with Crippen LogP contribution in [0, 0.1) is 13.8 Å². The van der Waals surface area contributed by atoms with Gasteiger partial charge in [0, 0.05) is 17.5 Å². The van der Waals surface area contributed by atoms with E-state index in [1.165, 1.54) is 10.3 Å². The van der Waals surface area contributed by atoms with Crippen LogP contribution in [0.3, 0.4) is 0 Å². The maximum absolute atomic E-state index is 5.78. The molecule has 5 rings (SSSR count).